The first-order chi connectivity index (χ1) is 14.6. The van der Waals surface area contributed by atoms with Gasteiger partial charge in [-0.1, -0.05) is 18.7 Å². The number of carbonyl (C=O) groups is 1. The zero-order valence-electron chi connectivity index (χ0n) is 18.0. The Kier molecular flexibility index (Phi) is 8.95. The van der Waals surface area contributed by atoms with E-state index in [0.29, 0.717) is 35.5 Å². The molecule has 0 unspecified atom stereocenters. The van der Waals surface area contributed by atoms with Crippen LogP contribution < -0.4 is 0 Å². The third kappa shape index (κ3) is 7.92. The summed E-state index contributed by atoms with van der Waals surface area (Å²) >= 11 is 0. The Morgan fingerprint density at radius 2 is 2.00 bits per heavy atom. The van der Waals surface area contributed by atoms with Gasteiger partial charge in [0.1, 0.15) is 18.2 Å². The number of carbonyl (C=O) groups excluding carboxylic acids is 1. The molecular formula is C23H29F4NO3. The van der Waals surface area contributed by atoms with Crippen LogP contribution in [0.15, 0.2) is 41.8 Å². The predicted molar refractivity (Wildman–Crippen MR) is 109 cm³/mol. The smallest absolute Gasteiger partial charge is 0.390 e. The highest BCUT2D eigenvalue weighted by Gasteiger charge is 2.30. The summed E-state index contributed by atoms with van der Waals surface area (Å²) in [4.78, 5) is 13.1. The van der Waals surface area contributed by atoms with Gasteiger partial charge in [0.15, 0.2) is 0 Å². The number of alkyl halides is 3. The van der Waals surface area contributed by atoms with Gasteiger partial charge in [0.05, 0.1) is 18.7 Å². The van der Waals surface area contributed by atoms with Crippen LogP contribution in [0.5, 0.6) is 0 Å². The molecule has 2 rings (SSSR count). The van der Waals surface area contributed by atoms with Crippen LogP contribution in [0.4, 0.5) is 17.6 Å². The number of benzene rings is 1. The minimum Gasteiger partial charge on any atom is -0.491 e. The van der Waals surface area contributed by atoms with Crippen molar-refractivity contribution in [3.05, 3.63) is 58.8 Å². The molecule has 0 saturated carbocycles. The molecule has 8 heteroatoms. The lowest BCUT2D eigenvalue weighted by Crippen LogP contribution is -2.33. The minimum absolute atomic E-state index is 0.0742. The van der Waals surface area contributed by atoms with Crippen LogP contribution in [0.25, 0.3) is 0 Å². The van der Waals surface area contributed by atoms with Crippen LogP contribution in [0.1, 0.15) is 50.7 Å². The summed E-state index contributed by atoms with van der Waals surface area (Å²) in [6.07, 6.45) is -3.36. The van der Waals surface area contributed by atoms with Gasteiger partial charge in [-0.25, -0.2) is 4.39 Å². The van der Waals surface area contributed by atoms with E-state index in [-0.39, 0.29) is 38.6 Å². The first-order valence-corrected chi connectivity index (χ1v) is 10.4. The molecule has 0 N–H and O–H groups in total. The van der Waals surface area contributed by atoms with Crippen LogP contribution in [0, 0.1) is 5.82 Å². The number of ether oxygens (including phenoxy) is 2. The van der Waals surface area contributed by atoms with E-state index >= 15 is 0 Å². The molecule has 31 heavy (non-hydrogen) atoms. The molecule has 0 atom stereocenters. The topological polar surface area (TPSA) is 38.8 Å². The lowest BCUT2D eigenvalue weighted by molar-refractivity contribution is -0.143. The number of piperidine rings is 1. The second kappa shape index (κ2) is 11.2. The lowest BCUT2D eigenvalue weighted by Gasteiger charge is -2.34. The lowest BCUT2D eigenvalue weighted by atomic mass is 10.0. The van der Waals surface area contributed by atoms with E-state index in [1.807, 2.05) is 0 Å². The second-order valence-electron chi connectivity index (χ2n) is 7.48. The van der Waals surface area contributed by atoms with Gasteiger partial charge in [-0.15, -0.1) is 0 Å². The maximum Gasteiger partial charge on any atom is 0.390 e. The Bertz CT molecular complexity index is 818. The quantitative estimate of drug-likeness (QED) is 0.280. The van der Waals surface area contributed by atoms with Gasteiger partial charge >= 0.3 is 12.1 Å². The Morgan fingerprint density at radius 3 is 2.65 bits per heavy atom. The van der Waals surface area contributed by atoms with Crippen molar-refractivity contribution >= 4 is 5.97 Å². The van der Waals surface area contributed by atoms with Crippen molar-refractivity contribution in [2.24, 2.45) is 0 Å². The number of aryl methyl sites for hydroxylation is 1. The normalized spacial score (nSPS) is 16.3. The van der Waals surface area contributed by atoms with E-state index in [1.54, 1.807) is 30.9 Å². The maximum atomic E-state index is 14.4. The van der Waals surface area contributed by atoms with Crippen molar-refractivity contribution in [2.45, 2.75) is 58.7 Å². The van der Waals surface area contributed by atoms with Gasteiger partial charge in [-0.05, 0) is 55.9 Å². The van der Waals surface area contributed by atoms with Crippen molar-refractivity contribution in [2.75, 3.05) is 19.7 Å². The predicted octanol–water partition coefficient (Wildman–Crippen LogP) is 5.67. The molecule has 0 aliphatic carbocycles. The van der Waals surface area contributed by atoms with E-state index in [4.69, 9.17) is 9.47 Å². The van der Waals surface area contributed by atoms with E-state index < -0.39 is 18.4 Å². The van der Waals surface area contributed by atoms with Crippen LogP contribution >= 0.6 is 0 Å². The molecule has 1 heterocycles. The van der Waals surface area contributed by atoms with E-state index in [1.165, 1.54) is 6.07 Å². The zero-order valence-corrected chi connectivity index (χ0v) is 18.0. The molecule has 1 aromatic carbocycles. The summed E-state index contributed by atoms with van der Waals surface area (Å²) in [6, 6.07) is 4.65. The summed E-state index contributed by atoms with van der Waals surface area (Å²) in [5.74, 6) is -0.345. The largest absolute Gasteiger partial charge is 0.491 e. The Hall–Kier alpha value is -2.51. The molecule has 1 aliphatic heterocycles. The number of nitrogens with zero attached hydrogens (tertiary/aromatic N) is 1. The molecule has 4 nitrogen and oxygen atoms in total. The molecule has 0 amide bonds. The highest BCUT2D eigenvalue weighted by atomic mass is 19.4. The van der Waals surface area contributed by atoms with Gasteiger partial charge in [-0.3, -0.25) is 4.79 Å². The van der Waals surface area contributed by atoms with Crippen LogP contribution in [-0.2, 0) is 27.3 Å². The molecule has 172 valence electrons. The molecule has 0 spiro atoms. The second-order valence-corrected chi connectivity index (χ2v) is 7.48. The Morgan fingerprint density at radius 1 is 1.26 bits per heavy atom. The number of hydrogen-bond donors (Lipinski definition) is 0. The zero-order chi connectivity index (χ0) is 23.0. The Balaban J connectivity index is 2.02. The van der Waals surface area contributed by atoms with Gasteiger partial charge in [0, 0.05) is 19.5 Å². The van der Waals surface area contributed by atoms with Crippen LogP contribution in [0.3, 0.4) is 0 Å². The van der Waals surface area contributed by atoms with Gasteiger partial charge in [0.25, 0.3) is 0 Å². The van der Waals surface area contributed by atoms with E-state index in [9.17, 15) is 22.4 Å². The number of allylic oxidation sites excluding steroid dienone is 2. The number of likely N-dealkylation sites (tertiary alicyclic amines) is 1. The molecule has 0 radical (unpaired) electrons. The average Bonchev–Trinajstić information content (AvgIpc) is 2.69. The van der Waals surface area contributed by atoms with Gasteiger partial charge in [-0.2, -0.15) is 13.2 Å². The monoisotopic (exact) mass is 443 g/mol. The summed E-state index contributed by atoms with van der Waals surface area (Å²) < 4.78 is 62.9. The molecule has 0 aromatic heterocycles. The van der Waals surface area contributed by atoms with E-state index in [2.05, 4.69) is 6.58 Å². The Labute approximate surface area is 180 Å². The molecule has 0 bridgehead atoms. The standard InChI is InChI=1S/C23H29F4NO3/c1-4-30-21(29)10-9-19-8-7-18(14-20(19)24)15-31-17(3)22-16(2)6-5-12-28(22)13-11-23(25,26)27/h7-8,14H,2,4-6,9-13,15H2,1,3H3/b22-17-. The highest BCUT2D eigenvalue weighted by Crippen LogP contribution is 2.30. The van der Waals surface area contributed by atoms with Crippen molar-refractivity contribution in [1.82, 2.24) is 4.90 Å². The molecule has 1 aromatic rings. The first kappa shape index (κ1) is 24.8. The molecular weight excluding hydrogens is 414 g/mol. The minimum atomic E-state index is -4.23. The van der Waals surface area contributed by atoms with Crippen LogP contribution in [-0.4, -0.2) is 36.7 Å². The average molecular weight is 443 g/mol. The fourth-order valence-corrected chi connectivity index (χ4v) is 3.51. The van der Waals surface area contributed by atoms with Crippen molar-refractivity contribution in [1.29, 1.82) is 0 Å². The summed E-state index contributed by atoms with van der Waals surface area (Å²) in [5.41, 5.74) is 2.33. The SMILES string of the molecule is C=C1CCCN(CCC(F)(F)F)/C1=C(/C)OCc1ccc(CCC(=O)OCC)c(F)c1. The summed E-state index contributed by atoms with van der Waals surface area (Å²) in [5, 5.41) is 0. The van der Waals surface area contributed by atoms with Crippen LogP contribution in [0.2, 0.25) is 0 Å². The summed E-state index contributed by atoms with van der Waals surface area (Å²) in [7, 11) is 0. The summed E-state index contributed by atoms with van der Waals surface area (Å²) in [6.45, 7) is 8.10. The van der Waals surface area contributed by atoms with Gasteiger partial charge in [0.2, 0.25) is 0 Å². The fraction of sp³-hybridized carbons (Fsp3) is 0.522. The van der Waals surface area contributed by atoms with Crippen molar-refractivity contribution in [3.8, 4) is 0 Å². The number of halogens is 4. The van der Waals surface area contributed by atoms with E-state index in [0.717, 1.165) is 12.0 Å². The third-order valence-corrected chi connectivity index (χ3v) is 5.03. The van der Waals surface area contributed by atoms with Crippen molar-refractivity contribution < 1.29 is 31.8 Å². The highest BCUT2D eigenvalue weighted by molar-refractivity contribution is 5.69. The first-order valence-electron chi connectivity index (χ1n) is 10.4. The molecule has 1 aliphatic rings. The number of esters is 1. The van der Waals surface area contributed by atoms with Gasteiger partial charge < -0.3 is 14.4 Å². The molecule has 1 saturated heterocycles. The van der Waals surface area contributed by atoms with Crippen molar-refractivity contribution in [3.63, 3.8) is 0 Å². The number of rotatable bonds is 9. The number of hydrogen-bond acceptors (Lipinski definition) is 4. The fourth-order valence-electron chi connectivity index (χ4n) is 3.51. The molecule has 1 fully saturated rings. The maximum absolute atomic E-state index is 14.4. The third-order valence-electron chi connectivity index (χ3n) is 5.03.